The van der Waals surface area contributed by atoms with Crippen LogP contribution >= 0.6 is 0 Å². The highest BCUT2D eigenvalue weighted by Gasteiger charge is 2.39. The molecule has 2 aliphatic rings. The molecule has 0 unspecified atom stereocenters. The zero-order chi connectivity index (χ0) is 14.7. The van der Waals surface area contributed by atoms with E-state index in [0.29, 0.717) is 0 Å². The van der Waals surface area contributed by atoms with Crippen molar-refractivity contribution in [3.8, 4) is 0 Å². The molecule has 0 aromatic heterocycles. The molecule has 0 saturated heterocycles. The zero-order valence-corrected chi connectivity index (χ0v) is 12.0. The quantitative estimate of drug-likeness (QED) is 0.581. The highest BCUT2D eigenvalue weighted by atomic mass is 16.5. The van der Waals surface area contributed by atoms with Crippen LogP contribution in [-0.4, -0.2) is 34.8 Å². The van der Waals surface area contributed by atoms with Gasteiger partial charge in [-0.2, -0.15) is 0 Å². The van der Waals surface area contributed by atoms with E-state index in [4.69, 9.17) is 4.74 Å². The summed E-state index contributed by atoms with van der Waals surface area (Å²) in [5.74, 6) is -1.50. The smallest absolute Gasteiger partial charge is 0.329 e. The Hall–Kier alpha value is -1.65. The standard InChI is InChI=1S/C15H21NO4/c1-10(2)14(16-12(17)8-9-13(16)18)15(19)20-11-6-4-3-5-7-11/h8-11,14H,3-7H2,1-2H3/t14-/m0/s1. The van der Waals surface area contributed by atoms with Crippen LogP contribution in [0, 0.1) is 5.92 Å². The van der Waals surface area contributed by atoms with Crippen molar-refractivity contribution < 1.29 is 19.1 Å². The third kappa shape index (κ3) is 3.08. The highest BCUT2D eigenvalue weighted by molar-refractivity contribution is 6.14. The molecule has 1 atom stereocenters. The summed E-state index contributed by atoms with van der Waals surface area (Å²) in [5, 5.41) is 0. The first kappa shape index (κ1) is 14.8. The van der Waals surface area contributed by atoms with Gasteiger partial charge < -0.3 is 4.74 Å². The second kappa shape index (κ2) is 6.20. The summed E-state index contributed by atoms with van der Waals surface area (Å²) in [6.07, 6.45) is 7.37. The summed E-state index contributed by atoms with van der Waals surface area (Å²) < 4.78 is 5.51. The number of amides is 2. The van der Waals surface area contributed by atoms with Gasteiger partial charge in [0.2, 0.25) is 0 Å². The maximum atomic E-state index is 12.3. The molecular weight excluding hydrogens is 258 g/mol. The molecule has 110 valence electrons. The summed E-state index contributed by atoms with van der Waals surface area (Å²) >= 11 is 0. The van der Waals surface area contributed by atoms with Gasteiger partial charge in [-0.05, 0) is 31.6 Å². The molecule has 2 rings (SSSR count). The molecule has 0 aromatic carbocycles. The fourth-order valence-electron chi connectivity index (χ4n) is 2.78. The van der Waals surface area contributed by atoms with Crippen molar-refractivity contribution in [2.75, 3.05) is 0 Å². The van der Waals surface area contributed by atoms with E-state index < -0.39 is 23.8 Å². The van der Waals surface area contributed by atoms with Crippen LogP contribution in [0.25, 0.3) is 0 Å². The van der Waals surface area contributed by atoms with E-state index >= 15 is 0 Å². The van der Waals surface area contributed by atoms with Crippen LogP contribution in [0.4, 0.5) is 0 Å². The second-order valence-corrected chi connectivity index (χ2v) is 5.77. The predicted molar refractivity (Wildman–Crippen MR) is 72.6 cm³/mol. The molecule has 0 spiro atoms. The van der Waals surface area contributed by atoms with E-state index in [1.165, 1.54) is 18.6 Å². The lowest BCUT2D eigenvalue weighted by Gasteiger charge is -2.30. The number of rotatable bonds is 4. The largest absolute Gasteiger partial charge is 0.461 e. The summed E-state index contributed by atoms with van der Waals surface area (Å²) in [6.45, 7) is 3.62. The Balaban J connectivity index is 2.06. The SMILES string of the molecule is CC(C)[C@@H](C(=O)OC1CCCCC1)N1C(=O)C=CC1=O. The van der Waals surface area contributed by atoms with Gasteiger partial charge in [-0.25, -0.2) is 4.79 Å². The van der Waals surface area contributed by atoms with Gasteiger partial charge in [-0.3, -0.25) is 14.5 Å². The van der Waals surface area contributed by atoms with Crippen molar-refractivity contribution >= 4 is 17.8 Å². The molecule has 5 heteroatoms. The van der Waals surface area contributed by atoms with Crippen LogP contribution in [0.3, 0.4) is 0 Å². The zero-order valence-electron chi connectivity index (χ0n) is 12.0. The Bertz CT molecular complexity index is 417. The predicted octanol–water partition coefficient (Wildman–Crippen LogP) is 1.81. The molecular formula is C15H21NO4. The molecule has 2 amide bonds. The number of carbonyl (C=O) groups is 3. The maximum Gasteiger partial charge on any atom is 0.329 e. The van der Waals surface area contributed by atoms with Crippen LogP contribution < -0.4 is 0 Å². The van der Waals surface area contributed by atoms with E-state index in [1.807, 2.05) is 13.8 Å². The van der Waals surface area contributed by atoms with Crippen molar-refractivity contribution in [3.63, 3.8) is 0 Å². The first-order valence-electron chi connectivity index (χ1n) is 7.26. The van der Waals surface area contributed by atoms with Gasteiger partial charge in [0, 0.05) is 12.2 Å². The molecule has 0 radical (unpaired) electrons. The minimum absolute atomic E-state index is 0.0710. The van der Waals surface area contributed by atoms with Gasteiger partial charge in [-0.15, -0.1) is 0 Å². The molecule has 1 heterocycles. The molecule has 0 N–H and O–H groups in total. The average molecular weight is 279 g/mol. The van der Waals surface area contributed by atoms with Crippen LogP contribution in [0.1, 0.15) is 46.0 Å². The fraction of sp³-hybridized carbons (Fsp3) is 0.667. The molecule has 1 fully saturated rings. The van der Waals surface area contributed by atoms with Crippen LogP contribution in [0.5, 0.6) is 0 Å². The average Bonchev–Trinajstić information content (AvgIpc) is 2.72. The van der Waals surface area contributed by atoms with Crippen LogP contribution in [0.15, 0.2) is 12.2 Å². The number of carbonyl (C=O) groups excluding carboxylic acids is 3. The van der Waals surface area contributed by atoms with Crippen molar-refractivity contribution in [3.05, 3.63) is 12.2 Å². The van der Waals surface area contributed by atoms with Crippen molar-refractivity contribution in [2.45, 2.75) is 58.1 Å². The Morgan fingerprint density at radius 2 is 1.70 bits per heavy atom. The first-order chi connectivity index (χ1) is 9.50. The lowest BCUT2D eigenvalue weighted by Crippen LogP contribution is -2.49. The Morgan fingerprint density at radius 3 is 2.20 bits per heavy atom. The Labute approximate surface area is 119 Å². The number of esters is 1. The van der Waals surface area contributed by atoms with Gasteiger partial charge in [0.25, 0.3) is 11.8 Å². The van der Waals surface area contributed by atoms with E-state index in [1.54, 1.807) is 0 Å². The van der Waals surface area contributed by atoms with Gasteiger partial charge >= 0.3 is 5.97 Å². The maximum absolute atomic E-state index is 12.3. The first-order valence-corrected chi connectivity index (χ1v) is 7.26. The van der Waals surface area contributed by atoms with E-state index in [-0.39, 0.29) is 12.0 Å². The molecule has 5 nitrogen and oxygen atoms in total. The highest BCUT2D eigenvalue weighted by Crippen LogP contribution is 2.23. The van der Waals surface area contributed by atoms with Crippen molar-refractivity contribution in [1.29, 1.82) is 0 Å². The molecule has 1 aliphatic heterocycles. The molecule has 0 bridgehead atoms. The lowest BCUT2D eigenvalue weighted by atomic mass is 9.97. The number of nitrogens with zero attached hydrogens (tertiary/aromatic N) is 1. The summed E-state index contributed by atoms with van der Waals surface area (Å²) in [7, 11) is 0. The van der Waals surface area contributed by atoms with E-state index in [2.05, 4.69) is 0 Å². The molecule has 20 heavy (non-hydrogen) atoms. The minimum atomic E-state index is -0.827. The van der Waals surface area contributed by atoms with Gasteiger partial charge in [0.05, 0.1) is 0 Å². The topological polar surface area (TPSA) is 63.7 Å². The Morgan fingerprint density at radius 1 is 1.15 bits per heavy atom. The van der Waals surface area contributed by atoms with Crippen molar-refractivity contribution in [2.24, 2.45) is 5.92 Å². The minimum Gasteiger partial charge on any atom is -0.461 e. The van der Waals surface area contributed by atoms with Crippen LogP contribution in [-0.2, 0) is 19.1 Å². The van der Waals surface area contributed by atoms with E-state index in [0.717, 1.165) is 30.6 Å². The second-order valence-electron chi connectivity index (χ2n) is 5.77. The van der Waals surface area contributed by atoms with Crippen LogP contribution in [0.2, 0.25) is 0 Å². The normalized spacial score (nSPS) is 21.6. The number of hydrogen-bond acceptors (Lipinski definition) is 4. The summed E-state index contributed by atoms with van der Waals surface area (Å²) in [4.78, 5) is 36.8. The van der Waals surface area contributed by atoms with Gasteiger partial charge in [-0.1, -0.05) is 20.3 Å². The molecule has 0 aromatic rings. The monoisotopic (exact) mass is 279 g/mol. The third-order valence-electron chi connectivity index (χ3n) is 3.83. The summed E-state index contributed by atoms with van der Waals surface area (Å²) in [5.41, 5.74) is 0. The molecule has 1 aliphatic carbocycles. The van der Waals surface area contributed by atoms with Gasteiger partial charge in [0.1, 0.15) is 12.1 Å². The molecule has 1 saturated carbocycles. The lowest BCUT2D eigenvalue weighted by molar-refractivity contribution is -0.164. The Kier molecular flexibility index (Phi) is 4.57. The number of hydrogen-bond donors (Lipinski definition) is 0. The van der Waals surface area contributed by atoms with Crippen molar-refractivity contribution in [1.82, 2.24) is 4.90 Å². The number of ether oxygens (including phenoxy) is 1. The fourth-order valence-corrected chi connectivity index (χ4v) is 2.78. The third-order valence-corrected chi connectivity index (χ3v) is 3.83. The summed E-state index contributed by atoms with van der Waals surface area (Å²) in [6, 6.07) is -0.827. The van der Waals surface area contributed by atoms with Gasteiger partial charge in [0.15, 0.2) is 0 Å². The number of imide groups is 1. The van der Waals surface area contributed by atoms with E-state index in [9.17, 15) is 14.4 Å².